The van der Waals surface area contributed by atoms with Crippen molar-refractivity contribution in [1.29, 1.82) is 0 Å². The largest absolute Gasteiger partial charge is 0.394 e. The molecule has 0 saturated carbocycles. The van der Waals surface area contributed by atoms with Crippen LogP contribution in [0.3, 0.4) is 0 Å². The highest BCUT2D eigenvalue weighted by molar-refractivity contribution is 7.98. The molecule has 0 rings (SSSR count). The fourth-order valence-corrected chi connectivity index (χ4v) is 11.6. The first-order chi connectivity index (χ1) is 47.7. The summed E-state index contributed by atoms with van der Waals surface area (Å²) in [6.45, 7) is 15.8. The van der Waals surface area contributed by atoms with E-state index in [-0.39, 0.29) is 118 Å². The second-order valence-electron chi connectivity index (χ2n) is 27.1. The predicted molar refractivity (Wildman–Crippen MR) is 400 cm³/mol. The summed E-state index contributed by atoms with van der Waals surface area (Å²) in [7, 11) is 1.52. The van der Waals surface area contributed by atoms with Crippen molar-refractivity contribution >= 4 is 99.9 Å². The van der Waals surface area contributed by atoms with Crippen molar-refractivity contribution in [3.8, 4) is 0 Å². The first-order valence-electron chi connectivity index (χ1n) is 36.6. The number of nitrogens with zero attached hydrogens (tertiary/aromatic N) is 3. The highest BCUT2D eigenvalue weighted by Crippen LogP contribution is 2.24. The number of hydrogen-bond donors (Lipinski definition) is 14. The van der Waals surface area contributed by atoms with Crippen LogP contribution in [0.5, 0.6) is 0 Å². The Balaban J connectivity index is 0. The molecule has 29 nitrogen and oxygen atoms in total. The summed E-state index contributed by atoms with van der Waals surface area (Å²) in [5.41, 5.74) is 38.0. The standard InChI is InChI=1S/C42H77N13O8S.C29H55N3O5/c1-23(2)30(22-35(59)31(13-10-17-52-42(48)49)55-37(61)25(4)19-32(56)24(3)11-8-15-50-40(44)45)39(63)54-27(6)34(58)21-29(12-9-16-51-41(46)47)38(62)53-26(5)33(57)20-28(36(43)60)14-18-64-7;1-5-7-8-9-10-11-12-13-14-15-16-17-18-19-27(35)31-21-28(36)32-25(22-33)26(34)20-24(23(3)6-2)29(37)30-4/h23-31H,8-22H2,1-7H3,(H2,43,60)(H,53,62)(H,54,63)(H,55,61)(H4,44,45,50)(H4,46,47,51)(H4,48,49,52);23-25,33H,5-22H2,1-4H3,(H,30,37)(H,31,35)(H,32,36)/t24-,25+,26-,27-,28+,29+,30-,31-;23-,24-,25-/m00/s1. The van der Waals surface area contributed by atoms with E-state index in [9.17, 15) is 62.6 Å². The van der Waals surface area contributed by atoms with Gasteiger partial charge in [-0.2, -0.15) is 11.8 Å². The summed E-state index contributed by atoms with van der Waals surface area (Å²) in [6, 6.07) is -4.18. The molecule has 0 aliphatic rings. The number of aliphatic hydroxyl groups is 1. The van der Waals surface area contributed by atoms with Gasteiger partial charge in [0.2, 0.25) is 41.4 Å². The van der Waals surface area contributed by atoms with Crippen molar-refractivity contribution in [3.63, 3.8) is 0 Å². The number of Topliss-reactive ketones (excluding diaryl/α,β-unsaturated/α-hetero) is 5. The minimum Gasteiger partial charge on any atom is -0.394 e. The topological polar surface area (TPSA) is 516 Å². The number of hydrogen-bond acceptors (Lipinski definition) is 17. The van der Waals surface area contributed by atoms with Crippen molar-refractivity contribution in [1.82, 2.24) is 31.9 Å². The van der Waals surface area contributed by atoms with E-state index in [4.69, 9.17) is 40.1 Å². The summed E-state index contributed by atoms with van der Waals surface area (Å²) in [5, 5.41) is 25.4. The Morgan fingerprint density at radius 1 is 0.436 bits per heavy atom. The maximum atomic E-state index is 13.9. The molecule has 0 aromatic carbocycles. The molecule has 11 atom stereocenters. The van der Waals surface area contributed by atoms with Gasteiger partial charge in [0.1, 0.15) is 11.8 Å². The summed E-state index contributed by atoms with van der Waals surface area (Å²) < 4.78 is 0. The highest BCUT2D eigenvalue weighted by atomic mass is 32.2. The Labute approximate surface area is 606 Å². The number of aliphatic hydroxyl groups excluding tert-OH is 1. The number of amides is 7. The first-order valence-corrected chi connectivity index (χ1v) is 38.0. The molecule has 0 bridgehead atoms. The molecule has 0 spiro atoms. The monoisotopic (exact) mass is 1450 g/mol. The number of nitrogens with two attached hydrogens (primary N) is 7. The second kappa shape index (κ2) is 57.3. The van der Waals surface area contributed by atoms with Crippen LogP contribution in [-0.2, 0) is 57.5 Å². The Morgan fingerprint density at radius 2 is 0.901 bits per heavy atom. The Bertz CT molecular complexity index is 2600. The van der Waals surface area contributed by atoms with Crippen LogP contribution in [0.4, 0.5) is 0 Å². The number of aliphatic imine (C=N–C) groups is 3. The molecule has 0 fully saturated rings. The minimum atomic E-state index is -1.10. The highest BCUT2D eigenvalue weighted by Gasteiger charge is 2.35. The van der Waals surface area contributed by atoms with Crippen molar-refractivity contribution in [2.75, 3.05) is 51.8 Å². The van der Waals surface area contributed by atoms with Gasteiger partial charge < -0.3 is 77.1 Å². The molecule has 580 valence electrons. The number of nitrogens with one attached hydrogen (secondary N) is 6. The van der Waals surface area contributed by atoms with E-state index in [1.807, 2.05) is 20.1 Å². The van der Waals surface area contributed by atoms with Gasteiger partial charge in [0.15, 0.2) is 41.0 Å². The number of ketones is 5. The second-order valence-corrected chi connectivity index (χ2v) is 28.1. The summed E-state index contributed by atoms with van der Waals surface area (Å²) >= 11 is 1.51. The van der Waals surface area contributed by atoms with Crippen molar-refractivity contribution in [2.45, 2.75) is 260 Å². The molecule has 0 radical (unpaired) electrons. The Morgan fingerprint density at radius 3 is 1.37 bits per heavy atom. The molecule has 7 amide bonds. The van der Waals surface area contributed by atoms with Crippen molar-refractivity contribution < 1.29 is 62.6 Å². The average molecular weight is 1450 g/mol. The average Bonchev–Trinajstić information content (AvgIpc) is 0.874. The maximum Gasteiger partial charge on any atom is 0.240 e. The normalized spacial score (nSPS) is 14.3. The third-order valence-corrected chi connectivity index (χ3v) is 18.7. The minimum absolute atomic E-state index is 0.0108. The van der Waals surface area contributed by atoms with Crippen LogP contribution in [0.15, 0.2) is 15.0 Å². The van der Waals surface area contributed by atoms with E-state index in [2.05, 4.69) is 53.8 Å². The van der Waals surface area contributed by atoms with Crippen molar-refractivity contribution in [2.24, 2.45) is 102 Å². The van der Waals surface area contributed by atoms with E-state index in [1.165, 1.54) is 96.9 Å². The third kappa shape index (κ3) is 46.8. The molecule has 101 heavy (non-hydrogen) atoms. The van der Waals surface area contributed by atoms with Gasteiger partial charge in [-0.15, -0.1) is 0 Å². The van der Waals surface area contributed by atoms with Crippen LogP contribution >= 0.6 is 11.8 Å². The van der Waals surface area contributed by atoms with Gasteiger partial charge in [0, 0.05) is 101 Å². The first kappa shape index (κ1) is 95.8. The molecular weight excluding hydrogens is 1320 g/mol. The van der Waals surface area contributed by atoms with Crippen LogP contribution < -0.4 is 72.0 Å². The van der Waals surface area contributed by atoms with Crippen LogP contribution in [0, 0.1) is 47.3 Å². The summed E-state index contributed by atoms with van der Waals surface area (Å²) in [4.78, 5) is 167. The van der Waals surface area contributed by atoms with Gasteiger partial charge in [-0.3, -0.25) is 72.5 Å². The number of guanidine groups is 3. The van der Waals surface area contributed by atoms with E-state index in [0.717, 1.165) is 25.7 Å². The van der Waals surface area contributed by atoms with Gasteiger partial charge in [0.25, 0.3) is 0 Å². The molecule has 0 aliphatic heterocycles. The van der Waals surface area contributed by atoms with Gasteiger partial charge >= 0.3 is 0 Å². The number of thioether (sulfide) groups is 1. The fourth-order valence-electron chi connectivity index (χ4n) is 11.0. The molecule has 0 unspecified atom stereocenters. The SMILES string of the molecule is CCCCCCCCCCCCCCCC(=O)NCC(=O)N[C@@H](CO)C(=O)C[C@H](C(=O)NC)[C@@H](C)CC.CSCC[C@H](CC(=O)[C@H](C)NC(=O)[C@H](CCCN=C(N)N)CC(=O)[C@H](C)NC(=O)[C@@H](CC(=O)[C@H](CCCN=C(N)N)NC(=O)[C@H](C)CC(=O)[C@@H](C)CCCN=C(N)N)C(C)C)C(N)=O. The van der Waals surface area contributed by atoms with Crippen LogP contribution in [-0.4, -0.2) is 169 Å². The molecular formula is C71H132N16O13S. The number of carbonyl (C=O) groups is 12. The lowest BCUT2D eigenvalue weighted by Crippen LogP contribution is -2.48. The van der Waals surface area contributed by atoms with E-state index < -0.39 is 113 Å². The van der Waals surface area contributed by atoms with Crippen molar-refractivity contribution in [3.05, 3.63) is 0 Å². The lowest BCUT2D eigenvalue weighted by Gasteiger charge is -2.26. The van der Waals surface area contributed by atoms with Gasteiger partial charge in [0.05, 0.1) is 31.3 Å². The molecule has 0 heterocycles. The molecule has 0 aromatic heterocycles. The number of unbranched alkanes of at least 4 members (excludes halogenated alkanes) is 12. The zero-order valence-electron chi connectivity index (χ0n) is 62.9. The zero-order chi connectivity index (χ0) is 77.0. The summed E-state index contributed by atoms with van der Waals surface area (Å²) in [5.74, 6) is -9.31. The zero-order valence-corrected chi connectivity index (χ0v) is 63.7. The Kier molecular flexibility index (Phi) is 54.3. The molecule has 0 aliphatic carbocycles. The van der Waals surface area contributed by atoms with E-state index in [0.29, 0.717) is 50.8 Å². The van der Waals surface area contributed by atoms with Crippen LogP contribution in [0.2, 0.25) is 0 Å². The lowest BCUT2D eigenvalue weighted by molar-refractivity contribution is -0.136. The fraction of sp³-hybridized carbons (Fsp3) is 0.789. The van der Waals surface area contributed by atoms with Gasteiger partial charge in [-0.25, -0.2) is 0 Å². The van der Waals surface area contributed by atoms with Gasteiger partial charge in [-0.05, 0) is 89.1 Å². The summed E-state index contributed by atoms with van der Waals surface area (Å²) in [6.07, 6.45) is 20.7. The quantitative estimate of drug-likeness (QED) is 0.0233. The predicted octanol–water partition coefficient (Wildman–Crippen LogP) is 3.92. The molecule has 21 N–H and O–H groups in total. The number of rotatable bonds is 59. The van der Waals surface area contributed by atoms with Crippen LogP contribution in [0.1, 0.15) is 236 Å². The molecule has 0 aromatic rings. The molecule has 0 saturated heterocycles. The smallest absolute Gasteiger partial charge is 0.240 e. The lowest BCUT2D eigenvalue weighted by atomic mass is 9.85. The Hall–Kier alpha value is -7.24. The van der Waals surface area contributed by atoms with Crippen LogP contribution in [0.25, 0.3) is 0 Å². The van der Waals surface area contributed by atoms with Gasteiger partial charge in [-0.1, -0.05) is 132 Å². The molecule has 30 heteroatoms. The van der Waals surface area contributed by atoms with E-state index >= 15 is 0 Å². The number of carbonyl (C=O) groups excluding carboxylic acids is 12. The third-order valence-electron chi connectivity index (χ3n) is 18.0. The van der Waals surface area contributed by atoms with E-state index in [1.54, 1.807) is 27.7 Å². The number of primary amides is 1. The maximum absolute atomic E-state index is 13.9.